The van der Waals surface area contributed by atoms with Gasteiger partial charge in [0.25, 0.3) is 0 Å². The third-order valence-electron chi connectivity index (χ3n) is 4.09. The van der Waals surface area contributed by atoms with Crippen molar-refractivity contribution in [2.75, 3.05) is 13.2 Å². The van der Waals surface area contributed by atoms with Crippen LogP contribution in [0.3, 0.4) is 0 Å². The van der Waals surface area contributed by atoms with E-state index in [9.17, 15) is 0 Å². The number of nitrogens with two attached hydrogens (primary N) is 1. The lowest BCUT2D eigenvalue weighted by Crippen LogP contribution is -2.37. The average molecular weight is 257 g/mol. The summed E-state index contributed by atoms with van der Waals surface area (Å²) >= 11 is 0. The zero-order valence-corrected chi connectivity index (χ0v) is 10.5. The first-order valence-corrected chi connectivity index (χ1v) is 6.55. The Balaban J connectivity index is 1.63. The maximum absolute atomic E-state index is 6.23. The van der Waals surface area contributed by atoms with Crippen molar-refractivity contribution in [1.82, 2.24) is 10.1 Å². The molecular formula is C14H15N3O2. The summed E-state index contributed by atoms with van der Waals surface area (Å²) in [6.45, 7) is 1.11. The highest BCUT2D eigenvalue weighted by Crippen LogP contribution is 2.39. The molecule has 1 saturated heterocycles. The van der Waals surface area contributed by atoms with Crippen LogP contribution in [-0.2, 0) is 16.7 Å². The van der Waals surface area contributed by atoms with Gasteiger partial charge < -0.3 is 15.0 Å². The molecular weight excluding hydrogens is 242 g/mol. The molecule has 19 heavy (non-hydrogen) atoms. The van der Waals surface area contributed by atoms with Gasteiger partial charge in [-0.05, 0) is 24.0 Å². The van der Waals surface area contributed by atoms with E-state index in [-0.39, 0.29) is 5.92 Å². The number of hydrogen-bond donors (Lipinski definition) is 1. The van der Waals surface area contributed by atoms with Crippen LogP contribution < -0.4 is 5.73 Å². The van der Waals surface area contributed by atoms with Crippen LogP contribution in [0.1, 0.15) is 35.2 Å². The van der Waals surface area contributed by atoms with Crippen molar-refractivity contribution in [2.45, 2.75) is 24.3 Å². The van der Waals surface area contributed by atoms with Crippen molar-refractivity contribution < 1.29 is 9.26 Å². The van der Waals surface area contributed by atoms with Crippen LogP contribution in [-0.4, -0.2) is 23.4 Å². The van der Waals surface area contributed by atoms with Gasteiger partial charge in [0.15, 0.2) is 5.82 Å². The minimum atomic E-state index is -0.603. The summed E-state index contributed by atoms with van der Waals surface area (Å²) in [5, 5.41) is 4.11. The fraction of sp³-hybridized carbons (Fsp3) is 0.429. The van der Waals surface area contributed by atoms with Gasteiger partial charge in [0.05, 0.1) is 12.5 Å². The van der Waals surface area contributed by atoms with Gasteiger partial charge in [0.2, 0.25) is 5.89 Å². The van der Waals surface area contributed by atoms with Crippen LogP contribution in [0.15, 0.2) is 28.8 Å². The molecule has 0 amide bonds. The zero-order valence-electron chi connectivity index (χ0n) is 10.5. The van der Waals surface area contributed by atoms with E-state index in [1.54, 1.807) is 0 Å². The summed E-state index contributed by atoms with van der Waals surface area (Å²) < 4.78 is 10.7. The molecule has 98 valence electrons. The molecule has 0 spiro atoms. The van der Waals surface area contributed by atoms with Crippen molar-refractivity contribution in [3.8, 4) is 0 Å². The minimum absolute atomic E-state index is 0.250. The normalized spacial score (nSPS) is 29.0. The van der Waals surface area contributed by atoms with Crippen LogP contribution in [0.2, 0.25) is 0 Å². The van der Waals surface area contributed by atoms with Crippen molar-refractivity contribution in [1.29, 1.82) is 0 Å². The molecule has 2 heterocycles. The number of ether oxygens (including phenoxy) is 1. The molecule has 2 aliphatic rings. The number of rotatable bonds is 2. The summed E-state index contributed by atoms with van der Waals surface area (Å²) in [6, 6.07) is 8.36. The SMILES string of the molecule is NC1(c2nc(C3Cc4ccccc43)no2)CCOC1. The summed E-state index contributed by atoms with van der Waals surface area (Å²) in [5.74, 6) is 1.49. The summed E-state index contributed by atoms with van der Waals surface area (Å²) in [4.78, 5) is 4.50. The number of nitrogens with zero attached hydrogens (tertiary/aromatic N) is 2. The van der Waals surface area contributed by atoms with E-state index in [0.29, 0.717) is 19.1 Å². The lowest BCUT2D eigenvalue weighted by molar-refractivity contribution is 0.166. The Labute approximate surface area is 110 Å². The predicted molar refractivity (Wildman–Crippen MR) is 67.6 cm³/mol. The van der Waals surface area contributed by atoms with E-state index in [2.05, 4.69) is 28.3 Å². The first-order chi connectivity index (χ1) is 9.26. The highest BCUT2D eigenvalue weighted by Gasteiger charge is 2.39. The monoisotopic (exact) mass is 257 g/mol. The van der Waals surface area contributed by atoms with Crippen LogP contribution >= 0.6 is 0 Å². The summed E-state index contributed by atoms with van der Waals surface area (Å²) in [5.41, 5.74) is 8.29. The van der Waals surface area contributed by atoms with E-state index in [4.69, 9.17) is 15.0 Å². The third-order valence-corrected chi connectivity index (χ3v) is 4.09. The molecule has 1 aliphatic carbocycles. The molecule has 5 nitrogen and oxygen atoms in total. The number of fused-ring (bicyclic) bond motifs is 1. The topological polar surface area (TPSA) is 74.2 Å². The molecule has 2 N–H and O–H groups in total. The first-order valence-electron chi connectivity index (χ1n) is 6.55. The van der Waals surface area contributed by atoms with Crippen molar-refractivity contribution in [3.05, 3.63) is 47.1 Å². The van der Waals surface area contributed by atoms with Gasteiger partial charge in [-0.15, -0.1) is 0 Å². The fourth-order valence-corrected chi connectivity index (χ4v) is 2.82. The van der Waals surface area contributed by atoms with Gasteiger partial charge in [-0.25, -0.2) is 0 Å². The second-order valence-electron chi connectivity index (χ2n) is 5.37. The summed E-state index contributed by atoms with van der Waals surface area (Å²) in [7, 11) is 0. The predicted octanol–water partition coefficient (Wildman–Crippen LogP) is 1.33. The van der Waals surface area contributed by atoms with E-state index in [0.717, 1.165) is 18.7 Å². The molecule has 5 heteroatoms. The lowest BCUT2D eigenvalue weighted by Gasteiger charge is -2.27. The van der Waals surface area contributed by atoms with E-state index in [1.165, 1.54) is 11.1 Å². The number of benzene rings is 1. The Hall–Kier alpha value is -1.72. The Morgan fingerprint density at radius 1 is 1.32 bits per heavy atom. The second-order valence-corrected chi connectivity index (χ2v) is 5.37. The molecule has 0 radical (unpaired) electrons. The molecule has 1 aromatic heterocycles. The number of hydrogen-bond acceptors (Lipinski definition) is 5. The molecule has 1 aromatic carbocycles. The van der Waals surface area contributed by atoms with Gasteiger partial charge in [-0.1, -0.05) is 29.4 Å². The van der Waals surface area contributed by atoms with Crippen molar-refractivity contribution in [2.24, 2.45) is 5.73 Å². The molecule has 2 atom stereocenters. The van der Waals surface area contributed by atoms with Crippen LogP contribution in [0.4, 0.5) is 0 Å². The highest BCUT2D eigenvalue weighted by molar-refractivity contribution is 5.43. The fourth-order valence-electron chi connectivity index (χ4n) is 2.82. The van der Waals surface area contributed by atoms with Crippen LogP contribution in [0, 0.1) is 0 Å². The molecule has 1 fully saturated rings. The Morgan fingerprint density at radius 3 is 3.00 bits per heavy atom. The van der Waals surface area contributed by atoms with E-state index in [1.807, 2.05) is 6.07 Å². The third kappa shape index (κ3) is 1.62. The van der Waals surface area contributed by atoms with Gasteiger partial charge in [-0.3, -0.25) is 0 Å². The zero-order chi connectivity index (χ0) is 12.9. The van der Waals surface area contributed by atoms with E-state index < -0.39 is 5.54 Å². The smallest absolute Gasteiger partial charge is 0.249 e. The Kier molecular flexibility index (Phi) is 2.28. The highest BCUT2D eigenvalue weighted by atomic mass is 16.5. The van der Waals surface area contributed by atoms with Crippen molar-refractivity contribution >= 4 is 0 Å². The number of aromatic nitrogens is 2. The molecule has 2 aromatic rings. The van der Waals surface area contributed by atoms with Gasteiger partial charge in [-0.2, -0.15) is 4.98 Å². The Bertz CT molecular complexity index is 617. The summed E-state index contributed by atoms with van der Waals surface area (Å²) in [6.07, 6.45) is 1.71. The van der Waals surface area contributed by atoms with E-state index >= 15 is 0 Å². The molecule has 2 unspecified atom stereocenters. The molecule has 1 aliphatic heterocycles. The molecule has 0 bridgehead atoms. The lowest BCUT2D eigenvalue weighted by atomic mass is 9.77. The first kappa shape index (κ1) is 11.1. The van der Waals surface area contributed by atoms with Gasteiger partial charge in [0.1, 0.15) is 5.54 Å². The second kappa shape index (κ2) is 3.88. The van der Waals surface area contributed by atoms with Gasteiger partial charge in [0, 0.05) is 6.61 Å². The Morgan fingerprint density at radius 2 is 2.21 bits per heavy atom. The standard InChI is InChI=1S/C14H15N3O2/c15-14(5-6-18-8-14)13-16-12(17-19-13)11-7-9-3-1-2-4-10(9)11/h1-4,11H,5-8,15H2. The average Bonchev–Trinajstić information content (AvgIpc) is 3.01. The van der Waals surface area contributed by atoms with Crippen molar-refractivity contribution in [3.63, 3.8) is 0 Å². The van der Waals surface area contributed by atoms with Crippen LogP contribution in [0.25, 0.3) is 0 Å². The molecule has 0 saturated carbocycles. The largest absolute Gasteiger partial charge is 0.379 e. The van der Waals surface area contributed by atoms with Gasteiger partial charge >= 0.3 is 0 Å². The molecule has 4 rings (SSSR count). The van der Waals surface area contributed by atoms with Crippen LogP contribution in [0.5, 0.6) is 0 Å². The maximum atomic E-state index is 6.23. The quantitative estimate of drug-likeness (QED) is 0.878. The minimum Gasteiger partial charge on any atom is -0.379 e. The maximum Gasteiger partial charge on any atom is 0.249 e.